The van der Waals surface area contributed by atoms with Gasteiger partial charge in [0.1, 0.15) is 0 Å². The van der Waals surface area contributed by atoms with Crippen LogP contribution < -0.4 is 5.73 Å². The summed E-state index contributed by atoms with van der Waals surface area (Å²) in [5.41, 5.74) is 5.98. The zero-order valence-electron chi connectivity index (χ0n) is 10.1. The van der Waals surface area contributed by atoms with Gasteiger partial charge in [0.2, 0.25) is 0 Å². The number of ether oxygens (including phenoxy) is 2. The summed E-state index contributed by atoms with van der Waals surface area (Å²) >= 11 is 1.84. The van der Waals surface area contributed by atoms with E-state index in [1.54, 1.807) is 7.11 Å². The Morgan fingerprint density at radius 3 is 2.69 bits per heavy atom. The highest BCUT2D eigenvalue weighted by atomic mass is 32.1. The number of thiophene rings is 1. The fraction of sp³-hybridized carbons (Fsp3) is 0.667. The second-order valence-corrected chi connectivity index (χ2v) is 5.01. The first-order valence-electron chi connectivity index (χ1n) is 5.66. The highest BCUT2D eigenvalue weighted by molar-refractivity contribution is 7.11. The van der Waals surface area contributed by atoms with Crippen molar-refractivity contribution < 1.29 is 9.47 Å². The van der Waals surface area contributed by atoms with Crippen LogP contribution in [0.25, 0.3) is 0 Å². The van der Waals surface area contributed by atoms with E-state index in [4.69, 9.17) is 15.2 Å². The van der Waals surface area contributed by atoms with Crippen molar-refractivity contribution in [1.82, 2.24) is 0 Å². The van der Waals surface area contributed by atoms with Crippen molar-refractivity contribution in [3.8, 4) is 0 Å². The SMILES string of the molecule is CCc1ccc(CC(N)COCCOC)s1. The van der Waals surface area contributed by atoms with Crippen LogP contribution in [0.1, 0.15) is 16.7 Å². The lowest BCUT2D eigenvalue weighted by atomic mass is 10.2. The zero-order valence-corrected chi connectivity index (χ0v) is 10.9. The van der Waals surface area contributed by atoms with Gasteiger partial charge < -0.3 is 15.2 Å². The molecule has 16 heavy (non-hydrogen) atoms. The van der Waals surface area contributed by atoms with Gasteiger partial charge >= 0.3 is 0 Å². The molecule has 1 unspecified atom stereocenters. The predicted octanol–water partition coefficient (Wildman–Crippen LogP) is 1.84. The molecule has 1 rings (SSSR count). The van der Waals surface area contributed by atoms with E-state index in [9.17, 15) is 0 Å². The molecule has 0 amide bonds. The Morgan fingerprint density at radius 2 is 2.06 bits per heavy atom. The van der Waals surface area contributed by atoms with E-state index in [1.165, 1.54) is 9.75 Å². The predicted molar refractivity (Wildman–Crippen MR) is 68.1 cm³/mol. The minimum atomic E-state index is 0.0835. The number of nitrogens with two attached hydrogens (primary N) is 1. The lowest BCUT2D eigenvalue weighted by Gasteiger charge is -2.10. The molecule has 0 bridgehead atoms. The molecular formula is C12H21NO2S. The zero-order chi connectivity index (χ0) is 11.8. The number of aryl methyl sites for hydroxylation is 1. The average molecular weight is 243 g/mol. The second kappa shape index (κ2) is 7.79. The Morgan fingerprint density at radius 1 is 1.31 bits per heavy atom. The summed E-state index contributed by atoms with van der Waals surface area (Å²) in [4.78, 5) is 2.77. The summed E-state index contributed by atoms with van der Waals surface area (Å²) in [5.74, 6) is 0. The first kappa shape index (κ1) is 13.6. The fourth-order valence-corrected chi connectivity index (χ4v) is 2.47. The Kier molecular flexibility index (Phi) is 6.64. The summed E-state index contributed by atoms with van der Waals surface area (Å²) < 4.78 is 10.3. The van der Waals surface area contributed by atoms with Crippen LogP contribution in [0, 0.1) is 0 Å². The summed E-state index contributed by atoms with van der Waals surface area (Å²) in [6, 6.07) is 4.43. The van der Waals surface area contributed by atoms with E-state index in [0.29, 0.717) is 19.8 Å². The minimum absolute atomic E-state index is 0.0835. The average Bonchev–Trinajstić information content (AvgIpc) is 2.72. The molecule has 0 aliphatic rings. The molecule has 0 aliphatic heterocycles. The fourth-order valence-electron chi connectivity index (χ4n) is 1.42. The Labute approximate surface area is 102 Å². The van der Waals surface area contributed by atoms with Crippen molar-refractivity contribution in [3.05, 3.63) is 21.9 Å². The smallest absolute Gasteiger partial charge is 0.0701 e. The summed E-state index contributed by atoms with van der Waals surface area (Å²) in [6.45, 7) is 4.02. The van der Waals surface area contributed by atoms with Crippen LogP contribution >= 0.6 is 11.3 Å². The van der Waals surface area contributed by atoms with Crippen LogP contribution in [0.3, 0.4) is 0 Å². The molecule has 0 fully saturated rings. The molecule has 1 heterocycles. The van der Waals surface area contributed by atoms with E-state index >= 15 is 0 Å². The van der Waals surface area contributed by atoms with Gasteiger partial charge in [-0.15, -0.1) is 11.3 Å². The molecule has 0 saturated heterocycles. The highest BCUT2D eigenvalue weighted by Gasteiger charge is 2.06. The highest BCUT2D eigenvalue weighted by Crippen LogP contribution is 2.18. The molecule has 3 nitrogen and oxygen atoms in total. The summed E-state index contributed by atoms with van der Waals surface area (Å²) in [6.07, 6.45) is 2.00. The van der Waals surface area contributed by atoms with Gasteiger partial charge in [0.25, 0.3) is 0 Å². The summed E-state index contributed by atoms with van der Waals surface area (Å²) in [5, 5.41) is 0. The van der Waals surface area contributed by atoms with Crippen molar-refractivity contribution >= 4 is 11.3 Å². The molecule has 1 atom stereocenters. The molecule has 0 aliphatic carbocycles. The van der Waals surface area contributed by atoms with Gasteiger partial charge in [-0.25, -0.2) is 0 Å². The summed E-state index contributed by atoms with van der Waals surface area (Å²) in [7, 11) is 1.67. The number of rotatable bonds is 8. The second-order valence-electron chi connectivity index (χ2n) is 3.75. The van der Waals surface area contributed by atoms with Gasteiger partial charge in [-0.05, 0) is 25.0 Å². The van der Waals surface area contributed by atoms with Crippen LogP contribution in [0.2, 0.25) is 0 Å². The van der Waals surface area contributed by atoms with Gasteiger partial charge in [-0.1, -0.05) is 6.92 Å². The standard InChI is InChI=1S/C12H21NO2S/c1-3-11-4-5-12(16-11)8-10(13)9-15-7-6-14-2/h4-5,10H,3,6-9,13H2,1-2H3. The normalized spacial score (nSPS) is 12.9. The van der Waals surface area contributed by atoms with Crippen LogP contribution in [-0.4, -0.2) is 33.0 Å². The van der Waals surface area contributed by atoms with Gasteiger partial charge in [-0.3, -0.25) is 0 Å². The maximum atomic E-state index is 5.98. The third-order valence-electron chi connectivity index (χ3n) is 2.29. The monoisotopic (exact) mass is 243 g/mol. The topological polar surface area (TPSA) is 44.5 Å². The van der Waals surface area contributed by atoms with Crippen LogP contribution in [0.15, 0.2) is 12.1 Å². The molecule has 1 aromatic heterocycles. The van der Waals surface area contributed by atoms with Gasteiger partial charge in [-0.2, -0.15) is 0 Å². The molecular weight excluding hydrogens is 222 g/mol. The van der Waals surface area contributed by atoms with E-state index in [0.717, 1.165) is 12.8 Å². The first-order chi connectivity index (χ1) is 7.76. The van der Waals surface area contributed by atoms with Crippen LogP contribution in [0.5, 0.6) is 0 Å². The molecule has 4 heteroatoms. The number of hydrogen-bond acceptors (Lipinski definition) is 4. The van der Waals surface area contributed by atoms with Crippen molar-refractivity contribution in [3.63, 3.8) is 0 Å². The number of hydrogen-bond donors (Lipinski definition) is 1. The molecule has 1 aromatic rings. The lowest BCUT2D eigenvalue weighted by Crippen LogP contribution is -2.28. The Bertz CT molecular complexity index is 288. The van der Waals surface area contributed by atoms with Crippen molar-refractivity contribution in [2.45, 2.75) is 25.8 Å². The van der Waals surface area contributed by atoms with Crippen LogP contribution in [-0.2, 0) is 22.3 Å². The van der Waals surface area contributed by atoms with E-state index in [2.05, 4.69) is 19.1 Å². The maximum Gasteiger partial charge on any atom is 0.0701 e. The van der Waals surface area contributed by atoms with Crippen molar-refractivity contribution in [2.24, 2.45) is 5.73 Å². The quantitative estimate of drug-likeness (QED) is 0.709. The van der Waals surface area contributed by atoms with E-state index < -0.39 is 0 Å². The maximum absolute atomic E-state index is 5.98. The third kappa shape index (κ3) is 5.07. The molecule has 0 aromatic carbocycles. The van der Waals surface area contributed by atoms with Crippen molar-refractivity contribution in [2.75, 3.05) is 26.9 Å². The minimum Gasteiger partial charge on any atom is -0.382 e. The first-order valence-corrected chi connectivity index (χ1v) is 6.47. The molecule has 0 saturated carbocycles. The van der Waals surface area contributed by atoms with Gasteiger partial charge in [0.05, 0.1) is 19.8 Å². The molecule has 0 radical (unpaired) electrons. The van der Waals surface area contributed by atoms with Gasteiger partial charge in [0, 0.05) is 22.9 Å². The lowest BCUT2D eigenvalue weighted by molar-refractivity contribution is 0.0638. The third-order valence-corrected chi connectivity index (χ3v) is 3.54. The largest absolute Gasteiger partial charge is 0.382 e. The number of methoxy groups -OCH3 is 1. The Hall–Kier alpha value is -0.420. The Balaban J connectivity index is 2.20. The van der Waals surface area contributed by atoms with Crippen LogP contribution in [0.4, 0.5) is 0 Å². The van der Waals surface area contributed by atoms with E-state index in [1.807, 2.05) is 11.3 Å². The van der Waals surface area contributed by atoms with Gasteiger partial charge in [0.15, 0.2) is 0 Å². The van der Waals surface area contributed by atoms with E-state index in [-0.39, 0.29) is 6.04 Å². The molecule has 92 valence electrons. The molecule has 2 N–H and O–H groups in total. The van der Waals surface area contributed by atoms with Crippen molar-refractivity contribution in [1.29, 1.82) is 0 Å². The molecule has 0 spiro atoms.